The zero-order chi connectivity index (χ0) is 14.0. The first-order chi connectivity index (χ1) is 8.97. The molecule has 0 saturated carbocycles. The maximum absolute atomic E-state index is 10.9. The molecule has 0 bridgehead atoms. The van der Waals surface area contributed by atoms with Gasteiger partial charge in [-0.25, -0.2) is 9.78 Å². The van der Waals surface area contributed by atoms with Crippen molar-refractivity contribution in [3.05, 3.63) is 39.6 Å². The molecule has 6 heteroatoms. The molecule has 0 spiro atoms. The molecule has 0 aliphatic carbocycles. The number of carboxylic acids is 1. The Balaban J connectivity index is 2.04. The number of aromatic nitrogens is 2. The van der Waals surface area contributed by atoms with E-state index in [0.29, 0.717) is 4.88 Å². The Hall–Kier alpha value is -1.66. The Bertz CT molecular complexity index is 588. The van der Waals surface area contributed by atoms with Gasteiger partial charge < -0.3 is 9.67 Å². The smallest absolute Gasteiger partial charge is 0.345 e. The molecular weight excluding hydrogens is 262 g/mol. The van der Waals surface area contributed by atoms with Gasteiger partial charge in [-0.15, -0.1) is 11.3 Å². The van der Waals surface area contributed by atoms with E-state index in [2.05, 4.69) is 9.88 Å². The number of thiophene rings is 1. The van der Waals surface area contributed by atoms with Crippen molar-refractivity contribution in [3.8, 4) is 0 Å². The number of imidazole rings is 1. The average molecular weight is 279 g/mol. The second-order valence-corrected chi connectivity index (χ2v) is 5.88. The SMILES string of the molecule is Cc1sc(C(=O)O)cc1CN(C)Cc1nccn1C. The predicted molar refractivity (Wildman–Crippen MR) is 74.4 cm³/mol. The van der Waals surface area contributed by atoms with E-state index in [4.69, 9.17) is 5.11 Å². The summed E-state index contributed by atoms with van der Waals surface area (Å²) < 4.78 is 1.99. The molecule has 0 fully saturated rings. The Morgan fingerprint density at radius 1 is 1.53 bits per heavy atom. The fourth-order valence-corrected chi connectivity index (χ4v) is 2.79. The van der Waals surface area contributed by atoms with Crippen molar-refractivity contribution in [3.63, 3.8) is 0 Å². The van der Waals surface area contributed by atoms with Gasteiger partial charge in [0.15, 0.2) is 0 Å². The van der Waals surface area contributed by atoms with Crippen molar-refractivity contribution in [1.29, 1.82) is 0 Å². The van der Waals surface area contributed by atoms with Gasteiger partial charge in [0.2, 0.25) is 0 Å². The van der Waals surface area contributed by atoms with Gasteiger partial charge in [-0.1, -0.05) is 0 Å². The molecule has 0 unspecified atom stereocenters. The summed E-state index contributed by atoms with van der Waals surface area (Å²) in [6.45, 7) is 3.42. The van der Waals surface area contributed by atoms with Crippen LogP contribution in [0, 0.1) is 6.92 Å². The van der Waals surface area contributed by atoms with Crippen molar-refractivity contribution in [2.45, 2.75) is 20.0 Å². The standard InChI is InChI=1S/C13H17N3O2S/c1-9-10(6-11(19-9)13(17)18)7-15(2)8-12-14-4-5-16(12)3/h4-6H,7-8H2,1-3H3,(H,17,18). The van der Waals surface area contributed by atoms with Crippen LogP contribution in [0.15, 0.2) is 18.5 Å². The van der Waals surface area contributed by atoms with Gasteiger partial charge in [0.1, 0.15) is 10.7 Å². The lowest BCUT2D eigenvalue weighted by molar-refractivity contribution is 0.0702. The summed E-state index contributed by atoms with van der Waals surface area (Å²) in [6, 6.07) is 1.76. The van der Waals surface area contributed by atoms with E-state index in [0.717, 1.165) is 29.4 Å². The summed E-state index contributed by atoms with van der Waals surface area (Å²) >= 11 is 1.33. The Morgan fingerprint density at radius 2 is 2.26 bits per heavy atom. The Morgan fingerprint density at radius 3 is 2.79 bits per heavy atom. The van der Waals surface area contributed by atoms with Gasteiger partial charge >= 0.3 is 5.97 Å². The lowest BCUT2D eigenvalue weighted by atomic mass is 10.2. The van der Waals surface area contributed by atoms with Crippen LogP contribution in [0.1, 0.15) is 25.9 Å². The van der Waals surface area contributed by atoms with Crippen molar-refractivity contribution >= 4 is 17.3 Å². The van der Waals surface area contributed by atoms with Gasteiger partial charge in [0.05, 0.1) is 6.54 Å². The van der Waals surface area contributed by atoms with Crippen LogP contribution in [-0.4, -0.2) is 32.6 Å². The monoisotopic (exact) mass is 279 g/mol. The van der Waals surface area contributed by atoms with Crippen LogP contribution in [0.5, 0.6) is 0 Å². The van der Waals surface area contributed by atoms with Gasteiger partial charge in [-0.3, -0.25) is 4.90 Å². The second-order valence-electron chi connectivity index (χ2n) is 4.62. The molecule has 2 aromatic rings. The molecule has 0 aliphatic heterocycles. The summed E-state index contributed by atoms with van der Waals surface area (Å²) in [5.41, 5.74) is 1.07. The van der Waals surface area contributed by atoms with Crippen LogP contribution in [0.3, 0.4) is 0 Å². The highest BCUT2D eigenvalue weighted by Crippen LogP contribution is 2.23. The van der Waals surface area contributed by atoms with Crippen LogP contribution in [0.2, 0.25) is 0 Å². The highest BCUT2D eigenvalue weighted by molar-refractivity contribution is 7.14. The summed E-state index contributed by atoms with van der Waals surface area (Å²) in [7, 11) is 3.97. The molecule has 0 aliphatic rings. The number of aryl methyl sites for hydroxylation is 2. The van der Waals surface area contributed by atoms with Crippen molar-refractivity contribution in [2.24, 2.45) is 7.05 Å². The van der Waals surface area contributed by atoms with E-state index in [-0.39, 0.29) is 0 Å². The van der Waals surface area contributed by atoms with E-state index in [1.54, 1.807) is 12.3 Å². The maximum atomic E-state index is 10.9. The van der Waals surface area contributed by atoms with Crippen molar-refractivity contribution in [1.82, 2.24) is 14.5 Å². The molecule has 5 nitrogen and oxygen atoms in total. The molecule has 1 N–H and O–H groups in total. The number of carbonyl (C=O) groups is 1. The quantitative estimate of drug-likeness (QED) is 0.911. The summed E-state index contributed by atoms with van der Waals surface area (Å²) in [5.74, 6) is 0.139. The van der Waals surface area contributed by atoms with E-state index >= 15 is 0 Å². The molecule has 0 saturated heterocycles. The number of aromatic carboxylic acids is 1. The van der Waals surface area contributed by atoms with Gasteiger partial charge in [-0.05, 0) is 25.6 Å². The van der Waals surface area contributed by atoms with Gasteiger partial charge in [0.25, 0.3) is 0 Å². The van der Waals surface area contributed by atoms with Crippen LogP contribution < -0.4 is 0 Å². The lowest BCUT2D eigenvalue weighted by Crippen LogP contribution is -2.19. The molecule has 102 valence electrons. The Kier molecular flexibility index (Phi) is 4.01. The zero-order valence-corrected chi connectivity index (χ0v) is 12.1. The topological polar surface area (TPSA) is 58.4 Å². The van der Waals surface area contributed by atoms with Crippen LogP contribution >= 0.6 is 11.3 Å². The third kappa shape index (κ3) is 3.21. The van der Waals surface area contributed by atoms with Crippen molar-refractivity contribution < 1.29 is 9.90 Å². The first kappa shape index (κ1) is 13.8. The average Bonchev–Trinajstić information content (AvgIpc) is 2.87. The normalized spacial score (nSPS) is 11.2. The molecular formula is C13H17N3O2S. The van der Waals surface area contributed by atoms with Gasteiger partial charge in [-0.2, -0.15) is 0 Å². The minimum absolute atomic E-state index is 0.401. The Labute approximate surface area is 116 Å². The van der Waals surface area contributed by atoms with Gasteiger partial charge in [0, 0.05) is 30.9 Å². The summed E-state index contributed by atoms with van der Waals surface area (Å²) in [4.78, 5) is 18.8. The molecule has 0 radical (unpaired) electrons. The molecule has 2 heterocycles. The second kappa shape index (κ2) is 5.54. The number of carboxylic acid groups (broad SMARTS) is 1. The summed E-state index contributed by atoms with van der Waals surface area (Å²) in [5, 5.41) is 8.98. The highest BCUT2D eigenvalue weighted by atomic mass is 32.1. The maximum Gasteiger partial charge on any atom is 0.345 e. The van der Waals surface area contributed by atoms with E-state index in [1.165, 1.54) is 11.3 Å². The fourth-order valence-electron chi connectivity index (χ4n) is 1.92. The van der Waals surface area contributed by atoms with Crippen LogP contribution in [0.25, 0.3) is 0 Å². The molecule has 0 aromatic carbocycles. The number of nitrogens with zero attached hydrogens (tertiary/aromatic N) is 3. The molecule has 2 rings (SSSR count). The zero-order valence-electron chi connectivity index (χ0n) is 11.3. The van der Waals surface area contributed by atoms with E-state index in [9.17, 15) is 4.79 Å². The lowest BCUT2D eigenvalue weighted by Gasteiger charge is -2.16. The third-order valence-corrected chi connectivity index (χ3v) is 4.08. The number of rotatable bonds is 5. The predicted octanol–water partition coefficient (Wildman–Crippen LogP) is 2.12. The minimum Gasteiger partial charge on any atom is -0.477 e. The summed E-state index contributed by atoms with van der Waals surface area (Å²) in [6.07, 6.45) is 3.70. The first-order valence-corrected chi connectivity index (χ1v) is 6.76. The van der Waals surface area contributed by atoms with Crippen LogP contribution in [0.4, 0.5) is 0 Å². The molecule has 2 aromatic heterocycles. The first-order valence-electron chi connectivity index (χ1n) is 5.94. The number of hydrogen-bond acceptors (Lipinski definition) is 4. The fraction of sp³-hybridized carbons (Fsp3) is 0.385. The minimum atomic E-state index is -0.855. The highest BCUT2D eigenvalue weighted by Gasteiger charge is 2.13. The van der Waals surface area contributed by atoms with E-state index < -0.39 is 5.97 Å². The number of hydrogen-bond donors (Lipinski definition) is 1. The largest absolute Gasteiger partial charge is 0.477 e. The molecule has 19 heavy (non-hydrogen) atoms. The van der Waals surface area contributed by atoms with Crippen molar-refractivity contribution in [2.75, 3.05) is 7.05 Å². The molecule has 0 amide bonds. The van der Waals surface area contributed by atoms with Crippen LogP contribution in [-0.2, 0) is 20.1 Å². The third-order valence-electron chi connectivity index (χ3n) is 3.00. The molecule has 0 atom stereocenters. The van der Waals surface area contributed by atoms with E-state index in [1.807, 2.05) is 31.8 Å².